The number of nitrogens with zero attached hydrogens (tertiary/aromatic N) is 1. The Hall–Kier alpha value is -2.54. The molecule has 1 fully saturated rings. The molecule has 4 nitrogen and oxygen atoms in total. The van der Waals surface area contributed by atoms with Gasteiger partial charge >= 0.3 is 6.18 Å². The van der Waals surface area contributed by atoms with E-state index in [0.717, 1.165) is 47.9 Å². The van der Waals surface area contributed by atoms with Crippen LogP contribution in [0.15, 0.2) is 36.4 Å². The number of halogens is 4. The van der Waals surface area contributed by atoms with Gasteiger partial charge in [0.25, 0.3) is 0 Å². The standard InChI is InChI=1S/C22H22ClF3N2O2/c1-3-13-6-5-7-14(4-2)20(13)28-12-15(10-19(28)29)21(30)27-18-11-16(22(24,25)26)8-9-17(18)23/h5-9,11,15H,3-4,10,12H2,1-2H3,(H,27,30)/t15-/m1/s1. The highest BCUT2D eigenvalue weighted by Gasteiger charge is 2.37. The number of hydrogen-bond acceptors (Lipinski definition) is 2. The normalized spacial score (nSPS) is 16.8. The van der Waals surface area contributed by atoms with Crippen molar-refractivity contribution in [2.45, 2.75) is 39.3 Å². The van der Waals surface area contributed by atoms with E-state index in [1.54, 1.807) is 4.90 Å². The van der Waals surface area contributed by atoms with Gasteiger partial charge in [-0.1, -0.05) is 43.6 Å². The number of anilines is 2. The molecule has 2 aromatic rings. The summed E-state index contributed by atoms with van der Waals surface area (Å²) in [6.07, 6.45) is -3.08. The van der Waals surface area contributed by atoms with Crippen LogP contribution in [0.3, 0.4) is 0 Å². The van der Waals surface area contributed by atoms with Gasteiger partial charge in [0.2, 0.25) is 11.8 Å². The lowest BCUT2D eigenvalue weighted by Crippen LogP contribution is -2.29. The lowest BCUT2D eigenvalue weighted by molar-refractivity contribution is -0.137. The first-order valence-corrected chi connectivity index (χ1v) is 10.1. The Morgan fingerprint density at radius 1 is 1.17 bits per heavy atom. The first-order valence-electron chi connectivity index (χ1n) is 9.74. The van der Waals surface area contributed by atoms with Crippen molar-refractivity contribution in [3.63, 3.8) is 0 Å². The van der Waals surface area contributed by atoms with Crippen LogP contribution in [0.25, 0.3) is 0 Å². The Morgan fingerprint density at radius 2 is 1.80 bits per heavy atom. The lowest BCUT2D eigenvalue weighted by Gasteiger charge is -2.23. The summed E-state index contributed by atoms with van der Waals surface area (Å²) in [7, 11) is 0. The number of hydrogen-bond donors (Lipinski definition) is 1. The number of carbonyl (C=O) groups excluding carboxylic acids is 2. The van der Waals surface area contributed by atoms with Crippen LogP contribution in [0, 0.1) is 5.92 Å². The molecule has 0 aromatic heterocycles. The molecule has 2 aromatic carbocycles. The highest BCUT2D eigenvalue weighted by molar-refractivity contribution is 6.33. The van der Waals surface area contributed by atoms with E-state index in [-0.39, 0.29) is 29.6 Å². The van der Waals surface area contributed by atoms with Gasteiger partial charge in [0.05, 0.1) is 22.2 Å². The summed E-state index contributed by atoms with van der Waals surface area (Å²) in [5.41, 5.74) is 1.84. The molecule has 1 heterocycles. The van der Waals surface area contributed by atoms with Gasteiger partial charge in [-0.25, -0.2) is 0 Å². The SMILES string of the molecule is CCc1cccc(CC)c1N1C[C@H](C(=O)Nc2cc(C(F)(F)F)ccc2Cl)CC1=O. The minimum absolute atomic E-state index is 0.00197. The first kappa shape index (κ1) is 22.2. The van der Waals surface area contributed by atoms with E-state index < -0.39 is 23.6 Å². The fraction of sp³-hybridized carbons (Fsp3) is 0.364. The quantitative estimate of drug-likeness (QED) is 0.672. The molecule has 1 aliphatic heterocycles. The molecule has 0 saturated carbocycles. The Kier molecular flexibility index (Phi) is 6.41. The van der Waals surface area contributed by atoms with E-state index in [1.165, 1.54) is 0 Å². The lowest BCUT2D eigenvalue weighted by atomic mass is 10.0. The third-order valence-electron chi connectivity index (χ3n) is 5.28. The maximum atomic E-state index is 13.0. The molecule has 1 N–H and O–H groups in total. The highest BCUT2D eigenvalue weighted by atomic mass is 35.5. The third kappa shape index (κ3) is 4.46. The maximum Gasteiger partial charge on any atom is 0.416 e. The Morgan fingerprint density at radius 3 is 2.37 bits per heavy atom. The van der Waals surface area contributed by atoms with Gasteiger partial charge in [0.1, 0.15) is 0 Å². The smallest absolute Gasteiger partial charge is 0.324 e. The van der Waals surface area contributed by atoms with E-state index in [0.29, 0.717) is 0 Å². The van der Waals surface area contributed by atoms with Crippen molar-refractivity contribution < 1.29 is 22.8 Å². The monoisotopic (exact) mass is 438 g/mol. The van der Waals surface area contributed by atoms with E-state index in [4.69, 9.17) is 11.6 Å². The summed E-state index contributed by atoms with van der Waals surface area (Å²) in [6, 6.07) is 8.61. The number of amides is 2. The zero-order chi connectivity index (χ0) is 22.1. The van der Waals surface area contributed by atoms with Crippen LogP contribution in [0.2, 0.25) is 5.02 Å². The Balaban J connectivity index is 1.82. The van der Waals surface area contributed by atoms with Crippen molar-refractivity contribution in [3.05, 3.63) is 58.1 Å². The number of benzene rings is 2. The second-order valence-corrected chi connectivity index (χ2v) is 7.63. The molecule has 8 heteroatoms. The van der Waals surface area contributed by atoms with Crippen LogP contribution in [0.5, 0.6) is 0 Å². The number of carbonyl (C=O) groups is 2. The molecule has 30 heavy (non-hydrogen) atoms. The molecule has 1 aliphatic rings. The van der Waals surface area contributed by atoms with E-state index in [2.05, 4.69) is 5.32 Å². The average molecular weight is 439 g/mol. The van der Waals surface area contributed by atoms with E-state index in [9.17, 15) is 22.8 Å². The average Bonchev–Trinajstić information content (AvgIpc) is 3.09. The number of alkyl halides is 3. The molecule has 1 atom stereocenters. The zero-order valence-corrected chi connectivity index (χ0v) is 17.4. The molecule has 1 saturated heterocycles. The number of aryl methyl sites for hydroxylation is 2. The molecule has 0 aliphatic carbocycles. The minimum atomic E-state index is -4.55. The van der Waals surface area contributed by atoms with Gasteiger partial charge in [-0.05, 0) is 42.2 Å². The fourth-order valence-corrected chi connectivity index (χ4v) is 3.86. The predicted molar refractivity (Wildman–Crippen MR) is 111 cm³/mol. The second-order valence-electron chi connectivity index (χ2n) is 7.22. The van der Waals surface area contributed by atoms with Crippen LogP contribution >= 0.6 is 11.6 Å². The fourth-order valence-electron chi connectivity index (χ4n) is 3.69. The molecule has 2 amide bonds. The molecule has 0 radical (unpaired) electrons. The van der Waals surface area contributed by atoms with Crippen molar-refractivity contribution >= 4 is 34.8 Å². The molecular weight excluding hydrogens is 417 g/mol. The van der Waals surface area contributed by atoms with E-state index >= 15 is 0 Å². The molecule has 0 unspecified atom stereocenters. The summed E-state index contributed by atoms with van der Waals surface area (Å²) in [6.45, 7) is 4.17. The van der Waals surface area contributed by atoms with Crippen LogP contribution in [-0.4, -0.2) is 18.4 Å². The number of nitrogens with one attached hydrogen (secondary N) is 1. The van der Waals surface area contributed by atoms with Crippen molar-refractivity contribution in [1.29, 1.82) is 0 Å². The largest absolute Gasteiger partial charge is 0.416 e. The maximum absolute atomic E-state index is 13.0. The van der Waals surface area contributed by atoms with Crippen LogP contribution in [-0.2, 0) is 28.6 Å². The third-order valence-corrected chi connectivity index (χ3v) is 5.61. The minimum Gasteiger partial charge on any atom is -0.324 e. The summed E-state index contributed by atoms with van der Waals surface area (Å²) >= 11 is 5.97. The molecule has 3 rings (SSSR count). The van der Waals surface area contributed by atoms with Gasteiger partial charge in [-0.3, -0.25) is 9.59 Å². The van der Waals surface area contributed by atoms with Crippen LogP contribution in [0.4, 0.5) is 24.5 Å². The van der Waals surface area contributed by atoms with Gasteiger partial charge in [-0.15, -0.1) is 0 Å². The van der Waals surface area contributed by atoms with Crippen molar-refractivity contribution in [3.8, 4) is 0 Å². The summed E-state index contributed by atoms with van der Waals surface area (Å²) in [5.74, 6) is -1.39. The second kappa shape index (κ2) is 8.68. The molecular formula is C22H22ClF3N2O2. The van der Waals surface area contributed by atoms with Gasteiger partial charge in [-0.2, -0.15) is 13.2 Å². The van der Waals surface area contributed by atoms with Gasteiger partial charge < -0.3 is 10.2 Å². The van der Waals surface area contributed by atoms with Crippen LogP contribution < -0.4 is 10.2 Å². The van der Waals surface area contributed by atoms with Crippen molar-refractivity contribution in [1.82, 2.24) is 0 Å². The summed E-state index contributed by atoms with van der Waals surface area (Å²) < 4.78 is 38.9. The Labute approximate surface area is 178 Å². The summed E-state index contributed by atoms with van der Waals surface area (Å²) in [4.78, 5) is 27.1. The topological polar surface area (TPSA) is 49.4 Å². The van der Waals surface area contributed by atoms with Crippen molar-refractivity contribution in [2.24, 2.45) is 5.92 Å². The van der Waals surface area contributed by atoms with Gasteiger partial charge in [0, 0.05) is 18.7 Å². The number of para-hydroxylation sites is 1. The molecule has 160 valence electrons. The van der Waals surface area contributed by atoms with Crippen LogP contribution in [0.1, 0.15) is 37.0 Å². The zero-order valence-electron chi connectivity index (χ0n) is 16.6. The van der Waals surface area contributed by atoms with E-state index in [1.807, 2.05) is 32.0 Å². The van der Waals surface area contributed by atoms with Crippen molar-refractivity contribution in [2.75, 3.05) is 16.8 Å². The molecule has 0 bridgehead atoms. The first-order chi connectivity index (χ1) is 14.2. The Bertz CT molecular complexity index is 953. The highest BCUT2D eigenvalue weighted by Crippen LogP contribution is 2.35. The summed E-state index contributed by atoms with van der Waals surface area (Å²) in [5, 5.41) is 2.47. The van der Waals surface area contributed by atoms with Gasteiger partial charge in [0.15, 0.2) is 0 Å². The molecule has 0 spiro atoms. The number of rotatable bonds is 5. The predicted octanol–water partition coefficient (Wildman–Crippen LogP) is 5.48.